The summed E-state index contributed by atoms with van der Waals surface area (Å²) < 4.78 is 30.8. The fourth-order valence-corrected chi connectivity index (χ4v) is 3.42. The number of hydrogen-bond acceptors (Lipinski definition) is 4. The number of nitrogens with one attached hydrogen (secondary N) is 1. The Hall–Kier alpha value is -2.06. The molecule has 2 atom stereocenters. The highest BCUT2D eigenvalue weighted by Crippen LogP contribution is 2.21. The summed E-state index contributed by atoms with van der Waals surface area (Å²) >= 11 is 0. The van der Waals surface area contributed by atoms with E-state index in [1.165, 1.54) is 4.90 Å². The normalized spacial score (nSPS) is 24.7. The highest BCUT2D eigenvalue weighted by molar-refractivity contribution is 6.00. The molecule has 0 radical (unpaired) electrons. The first kappa shape index (κ1) is 18.7. The lowest BCUT2D eigenvalue weighted by molar-refractivity contribution is -0.137. The monoisotopic (exact) mass is 367 g/mol. The number of carbonyl (C=O) groups is 2. The number of halogens is 2. The molecular formula is C18H23F2N3O3. The van der Waals surface area contributed by atoms with Gasteiger partial charge in [-0.25, -0.2) is 8.78 Å². The molecule has 26 heavy (non-hydrogen) atoms. The fourth-order valence-electron chi connectivity index (χ4n) is 3.42. The average Bonchev–Trinajstić information content (AvgIpc) is 2.64. The van der Waals surface area contributed by atoms with Gasteiger partial charge in [-0.1, -0.05) is 18.2 Å². The molecule has 142 valence electrons. The molecule has 2 aliphatic rings. The Morgan fingerprint density at radius 3 is 2.77 bits per heavy atom. The average molecular weight is 367 g/mol. The number of alkyl halides is 2. The zero-order chi connectivity index (χ0) is 18.5. The number of benzene rings is 1. The summed E-state index contributed by atoms with van der Waals surface area (Å²) in [6, 6.07) is 7.84. The summed E-state index contributed by atoms with van der Waals surface area (Å²) in [6.45, 7) is 0.773. The predicted molar refractivity (Wildman–Crippen MR) is 92.1 cm³/mol. The van der Waals surface area contributed by atoms with E-state index < -0.39 is 31.0 Å². The molecule has 2 aliphatic heterocycles. The minimum absolute atomic E-state index is 0.0574. The van der Waals surface area contributed by atoms with Crippen molar-refractivity contribution in [3.05, 3.63) is 30.3 Å². The molecule has 0 saturated carbocycles. The molecule has 2 fully saturated rings. The maximum Gasteiger partial charge on any atom is 0.251 e. The molecule has 0 aliphatic carbocycles. The van der Waals surface area contributed by atoms with Crippen LogP contribution in [0.2, 0.25) is 0 Å². The summed E-state index contributed by atoms with van der Waals surface area (Å²) in [5.41, 5.74) is 0.789. The highest BCUT2D eigenvalue weighted by Gasteiger charge is 2.36. The third kappa shape index (κ3) is 4.37. The molecule has 2 heterocycles. The van der Waals surface area contributed by atoms with E-state index in [2.05, 4.69) is 5.32 Å². The number of amides is 2. The molecule has 6 nitrogen and oxygen atoms in total. The molecular weight excluding hydrogens is 344 g/mol. The van der Waals surface area contributed by atoms with E-state index in [9.17, 15) is 18.4 Å². The van der Waals surface area contributed by atoms with E-state index in [1.807, 2.05) is 30.3 Å². The van der Waals surface area contributed by atoms with Crippen LogP contribution < -0.4 is 10.2 Å². The van der Waals surface area contributed by atoms with Crippen LogP contribution in [0.4, 0.5) is 14.5 Å². The van der Waals surface area contributed by atoms with Gasteiger partial charge in [-0.3, -0.25) is 14.5 Å². The topological polar surface area (TPSA) is 61.9 Å². The first-order valence-corrected chi connectivity index (χ1v) is 8.83. The van der Waals surface area contributed by atoms with E-state index in [4.69, 9.17) is 4.74 Å². The van der Waals surface area contributed by atoms with Crippen LogP contribution in [0.5, 0.6) is 0 Å². The van der Waals surface area contributed by atoms with Crippen molar-refractivity contribution in [1.82, 2.24) is 10.2 Å². The van der Waals surface area contributed by atoms with Crippen LogP contribution in [0.3, 0.4) is 0 Å². The first-order valence-electron chi connectivity index (χ1n) is 8.83. The van der Waals surface area contributed by atoms with Gasteiger partial charge in [0, 0.05) is 18.8 Å². The quantitative estimate of drug-likeness (QED) is 0.851. The van der Waals surface area contributed by atoms with Crippen molar-refractivity contribution >= 4 is 17.5 Å². The summed E-state index contributed by atoms with van der Waals surface area (Å²) in [6.07, 6.45) is -1.22. The first-order chi connectivity index (χ1) is 12.6. The van der Waals surface area contributed by atoms with Crippen LogP contribution in [0.25, 0.3) is 0 Å². The lowest BCUT2D eigenvalue weighted by Gasteiger charge is -2.37. The molecule has 2 saturated heterocycles. The van der Waals surface area contributed by atoms with Gasteiger partial charge in [0.25, 0.3) is 6.43 Å². The number of carbonyl (C=O) groups excluding carboxylic acids is 2. The van der Waals surface area contributed by atoms with Crippen LogP contribution in [0.1, 0.15) is 12.8 Å². The molecule has 0 spiro atoms. The largest absolute Gasteiger partial charge is 0.378 e. The smallest absolute Gasteiger partial charge is 0.251 e. The Morgan fingerprint density at radius 2 is 2.04 bits per heavy atom. The second-order valence-electron chi connectivity index (χ2n) is 6.51. The standard InChI is InChI=1S/C18H23F2N3O3/c19-16(20)11-22-9-10-26-12-15(22)17(24)21-14-7-4-8-23(18(14)25)13-5-2-1-3-6-13/h1-3,5-6,14-16H,4,7-12H2,(H,21,24). The van der Waals surface area contributed by atoms with Gasteiger partial charge < -0.3 is 15.0 Å². The summed E-state index contributed by atoms with van der Waals surface area (Å²) in [5.74, 6) is -0.605. The Balaban J connectivity index is 1.65. The third-order valence-electron chi connectivity index (χ3n) is 4.74. The number of rotatable bonds is 5. The number of anilines is 1. The van der Waals surface area contributed by atoms with Crippen molar-refractivity contribution in [1.29, 1.82) is 0 Å². The van der Waals surface area contributed by atoms with E-state index >= 15 is 0 Å². The Kier molecular flexibility index (Phi) is 6.16. The molecule has 1 aromatic rings. The minimum Gasteiger partial charge on any atom is -0.378 e. The number of ether oxygens (including phenoxy) is 1. The molecule has 3 rings (SSSR count). The zero-order valence-electron chi connectivity index (χ0n) is 14.4. The Labute approximate surface area is 151 Å². The maximum absolute atomic E-state index is 12.7. The second kappa shape index (κ2) is 8.55. The Bertz CT molecular complexity index is 629. The van der Waals surface area contributed by atoms with Gasteiger partial charge in [0.05, 0.1) is 19.8 Å². The van der Waals surface area contributed by atoms with Crippen molar-refractivity contribution in [2.75, 3.05) is 37.7 Å². The third-order valence-corrected chi connectivity index (χ3v) is 4.74. The molecule has 0 bridgehead atoms. The predicted octanol–water partition coefficient (Wildman–Crippen LogP) is 1.26. The van der Waals surface area contributed by atoms with Crippen LogP contribution in [-0.2, 0) is 14.3 Å². The molecule has 1 aromatic carbocycles. The van der Waals surface area contributed by atoms with Crippen molar-refractivity contribution < 1.29 is 23.1 Å². The number of hydrogen-bond donors (Lipinski definition) is 1. The minimum atomic E-state index is -2.52. The van der Waals surface area contributed by atoms with Crippen LogP contribution >= 0.6 is 0 Å². The number of para-hydroxylation sites is 1. The number of piperidine rings is 1. The van der Waals surface area contributed by atoms with Crippen molar-refractivity contribution in [3.63, 3.8) is 0 Å². The van der Waals surface area contributed by atoms with E-state index in [0.29, 0.717) is 19.6 Å². The van der Waals surface area contributed by atoms with Crippen molar-refractivity contribution in [2.45, 2.75) is 31.4 Å². The van der Waals surface area contributed by atoms with Gasteiger partial charge in [0.1, 0.15) is 12.1 Å². The highest BCUT2D eigenvalue weighted by atomic mass is 19.3. The van der Waals surface area contributed by atoms with Gasteiger partial charge >= 0.3 is 0 Å². The molecule has 1 N–H and O–H groups in total. The van der Waals surface area contributed by atoms with E-state index in [0.717, 1.165) is 12.1 Å². The van der Waals surface area contributed by atoms with Crippen molar-refractivity contribution in [2.24, 2.45) is 0 Å². The van der Waals surface area contributed by atoms with Gasteiger partial charge in [0.2, 0.25) is 11.8 Å². The molecule has 2 amide bonds. The van der Waals surface area contributed by atoms with Gasteiger partial charge in [-0.05, 0) is 25.0 Å². The summed E-state index contributed by atoms with van der Waals surface area (Å²) in [4.78, 5) is 28.4. The summed E-state index contributed by atoms with van der Waals surface area (Å²) in [7, 11) is 0. The maximum atomic E-state index is 12.7. The fraction of sp³-hybridized carbons (Fsp3) is 0.556. The lowest BCUT2D eigenvalue weighted by atomic mass is 10.0. The van der Waals surface area contributed by atoms with Gasteiger partial charge in [-0.15, -0.1) is 0 Å². The zero-order valence-corrected chi connectivity index (χ0v) is 14.4. The van der Waals surface area contributed by atoms with Crippen LogP contribution in [0.15, 0.2) is 30.3 Å². The van der Waals surface area contributed by atoms with Gasteiger partial charge in [0.15, 0.2) is 0 Å². The second-order valence-corrected chi connectivity index (χ2v) is 6.51. The molecule has 0 aromatic heterocycles. The van der Waals surface area contributed by atoms with Crippen LogP contribution in [0, 0.1) is 0 Å². The summed E-state index contributed by atoms with van der Waals surface area (Å²) in [5, 5.41) is 2.74. The van der Waals surface area contributed by atoms with Crippen molar-refractivity contribution in [3.8, 4) is 0 Å². The molecule has 2 unspecified atom stereocenters. The lowest BCUT2D eigenvalue weighted by Crippen LogP contribution is -2.59. The SMILES string of the molecule is O=C(NC1CCCN(c2ccccc2)C1=O)C1COCCN1CC(F)F. The Morgan fingerprint density at radius 1 is 1.27 bits per heavy atom. The van der Waals surface area contributed by atoms with Crippen LogP contribution in [-0.4, -0.2) is 68.1 Å². The number of morpholine rings is 1. The molecule has 8 heteroatoms. The van der Waals surface area contributed by atoms with E-state index in [-0.39, 0.29) is 19.1 Å². The van der Waals surface area contributed by atoms with E-state index in [1.54, 1.807) is 4.90 Å². The van der Waals surface area contributed by atoms with Gasteiger partial charge in [-0.2, -0.15) is 0 Å². The number of nitrogens with zero attached hydrogens (tertiary/aromatic N) is 2.